The zero-order valence-electron chi connectivity index (χ0n) is 14.2. The number of aromatic nitrogens is 4. The molecule has 6 nitrogen and oxygen atoms in total. The summed E-state index contributed by atoms with van der Waals surface area (Å²) >= 11 is 0. The van der Waals surface area contributed by atoms with Crippen molar-refractivity contribution in [3.63, 3.8) is 0 Å². The molecular formula is C17H24FN5O. The summed E-state index contributed by atoms with van der Waals surface area (Å²) in [5.41, 5.74) is 0.941. The van der Waals surface area contributed by atoms with Crippen LogP contribution in [0, 0.1) is 5.82 Å². The minimum absolute atomic E-state index is 0.203. The molecule has 1 fully saturated rings. The van der Waals surface area contributed by atoms with Crippen molar-refractivity contribution in [1.82, 2.24) is 25.1 Å². The van der Waals surface area contributed by atoms with Gasteiger partial charge in [-0.1, -0.05) is 12.1 Å². The number of nitrogens with zero attached hydrogens (tertiary/aromatic N) is 5. The van der Waals surface area contributed by atoms with Crippen LogP contribution in [0.2, 0.25) is 0 Å². The zero-order valence-corrected chi connectivity index (χ0v) is 14.2. The smallest absolute Gasteiger partial charge is 0.165 e. The van der Waals surface area contributed by atoms with Crippen molar-refractivity contribution in [2.45, 2.75) is 51.9 Å². The molecule has 7 heteroatoms. The molecule has 0 saturated carbocycles. The van der Waals surface area contributed by atoms with Crippen LogP contribution in [-0.2, 0) is 17.8 Å². The average molecular weight is 333 g/mol. The van der Waals surface area contributed by atoms with Gasteiger partial charge in [0, 0.05) is 19.7 Å². The Bertz CT molecular complexity index is 654. The third kappa shape index (κ3) is 4.36. The quantitative estimate of drug-likeness (QED) is 0.779. The molecule has 1 saturated heterocycles. The summed E-state index contributed by atoms with van der Waals surface area (Å²) in [6.45, 7) is 6.97. The topological polar surface area (TPSA) is 56.1 Å². The minimum Gasteiger partial charge on any atom is -0.377 e. The third-order valence-corrected chi connectivity index (χ3v) is 4.20. The van der Waals surface area contributed by atoms with E-state index >= 15 is 0 Å². The Balaban J connectivity index is 1.74. The third-order valence-electron chi connectivity index (χ3n) is 4.20. The lowest BCUT2D eigenvalue weighted by atomic mass is 10.1. The van der Waals surface area contributed by atoms with Gasteiger partial charge in [-0.05, 0) is 54.8 Å². The lowest BCUT2D eigenvalue weighted by Crippen LogP contribution is -2.32. The normalized spacial score (nSPS) is 18.0. The molecule has 2 aromatic rings. The monoisotopic (exact) mass is 333 g/mol. The highest BCUT2D eigenvalue weighted by atomic mass is 19.1. The van der Waals surface area contributed by atoms with Crippen molar-refractivity contribution >= 4 is 0 Å². The van der Waals surface area contributed by atoms with Gasteiger partial charge >= 0.3 is 0 Å². The first-order valence-corrected chi connectivity index (χ1v) is 8.47. The SMILES string of the molecule is CC(C)n1nnnc1CN(Cc1cccc(F)c1)C[C@H]1CCCO1. The Labute approximate surface area is 141 Å². The van der Waals surface area contributed by atoms with Crippen molar-refractivity contribution in [3.8, 4) is 0 Å². The Morgan fingerprint density at radius 2 is 2.25 bits per heavy atom. The molecule has 130 valence electrons. The van der Waals surface area contributed by atoms with Gasteiger partial charge in [-0.15, -0.1) is 5.10 Å². The molecule has 0 spiro atoms. The highest BCUT2D eigenvalue weighted by Crippen LogP contribution is 2.17. The van der Waals surface area contributed by atoms with Crippen LogP contribution in [0.5, 0.6) is 0 Å². The molecule has 0 bridgehead atoms. The molecule has 0 amide bonds. The molecule has 0 aliphatic carbocycles. The number of tetrazole rings is 1. The van der Waals surface area contributed by atoms with Crippen LogP contribution in [0.4, 0.5) is 4.39 Å². The Morgan fingerprint density at radius 3 is 2.96 bits per heavy atom. The Kier molecular flexibility index (Phi) is 5.52. The predicted molar refractivity (Wildman–Crippen MR) is 87.7 cm³/mol. The maximum absolute atomic E-state index is 13.5. The van der Waals surface area contributed by atoms with Crippen LogP contribution < -0.4 is 0 Å². The number of halogens is 1. The van der Waals surface area contributed by atoms with Crippen molar-refractivity contribution < 1.29 is 9.13 Å². The van der Waals surface area contributed by atoms with E-state index in [1.165, 1.54) is 6.07 Å². The van der Waals surface area contributed by atoms with Gasteiger partial charge in [0.05, 0.1) is 18.7 Å². The molecule has 1 aromatic carbocycles. The van der Waals surface area contributed by atoms with E-state index in [4.69, 9.17) is 4.74 Å². The van der Waals surface area contributed by atoms with E-state index in [9.17, 15) is 4.39 Å². The van der Waals surface area contributed by atoms with Crippen molar-refractivity contribution in [2.75, 3.05) is 13.2 Å². The van der Waals surface area contributed by atoms with Crippen LogP contribution in [0.3, 0.4) is 0 Å². The fourth-order valence-electron chi connectivity index (χ4n) is 3.07. The maximum atomic E-state index is 13.5. The van der Waals surface area contributed by atoms with Crippen molar-refractivity contribution in [1.29, 1.82) is 0 Å². The molecule has 1 atom stereocenters. The van der Waals surface area contributed by atoms with Gasteiger partial charge in [-0.3, -0.25) is 4.90 Å². The predicted octanol–water partition coefficient (Wildman–Crippen LogP) is 2.57. The van der Waals surface area contributed by atoms with Crippen LogP contribution in [0.1, 0.15) is 44.1 Å². The lowest BCUT2D eigenvalue weighted by Gasteiger charge is -2.25. The summed E-state index contributed by atoms with van der Waals surface area (Å²) in [6.07, 6.45) is 2.39. The molecule has 1 aliphatic heterocycles. The molecule has 0 radical (unpaired) electrons. The second-order valence-corrected chi connectivity index (χ2v) is 6.57. The van der Waals surface area contributed by atoms with E-state index in [0.717, 1.165) is 37.4 Å². The summed E-state index contributed by atoms with van der Waals surface area (Å²) in [4.78, 5) is 2.23. The number of benzene rings is 1. The summed E-state index contributed by atoms with van der Waals surface area (Å²) in [5.74, 6) is 0.607. The van der Waals surface area contributed by atoms with E-state index in [1.54, 1.807) is 12.1 Å². The molecule has 0 N–H and O–H groups in total. The summed E-state index contributed by atoms with van der Waals surface area (Å²) in [6, 6.07) is 6.93. The highest BCUT2D eigenvalue weighted by Gasteiger charge is 2.22. The van der Waals surface area contributed by atoms with E-state index in [0.29, 0.717) is 13.1 Å². The van der Waals surface area contributed by atoms with Gasteiger partial charge in [0.15, 0.2) is 5.82 Å². The fraction of sp³-hybridized carbons (Fsp3) is 0.588. The summed E-state index contributed by atoms with van der Waals surface area (Å²) < 4.78 is 21.1. The molecule has 0 unspecified atom stereocenters. The highest BCUT2D eigenvalue weighted by molar-refractivity contribution is 5.16. The Hall–Kier alpha value is -1.86. The van der Waals surface area contributed by atoms with Gasteiger partial charge in [0.1, 0.15) is 5.82 Å². The van der Waals surface area contributed by atoms with E-state index in [2.05, 4.69) is 34.3 Å². The van der Waals surface area contributed by atoms with Crippen LogP contribution in [-0.4, -0.2) is 44.4 Å². The van der Waals surface area contributed by atoms with E-state index in [-0.39, 0.29) is 18.0 Å². The molecule has 1 aromatic heterocycles. The molecule has 24 heavy (non-hydrogen) atoms. The zero-order chi connectivity index (χ0) is 16.9. The number of hydrogen-bond donors (Lipinski definition) is 0. The average Bonchev–Trinajstić information content (AvgIpc) is 3.19. The number of ether oxygens (including phenoxy) is 1. The fourth-order valence-corrected chi connectivity index (χ4v) is 3.07. The van der Waals surface area contributed by atoms with E-state index < -0.39 is 0 Å². The number of rotatable bonds is 7. The van der Waals surface area contributed by atoms with Gasteiger partial charge in [0.2, 0.25) is 0 Å². The minimum atomic E-state index is -0.211. The van der Waals surface area contributed by atoms with Gasteiger partial charge in [-0.25, -0.2) is 9.07 Å². The lowest BCUT2D eigenvalue weighted by molar-refractivity contribution is 0.0663. The van der Waals surface area contributed by atoms with Crippen LogP contribution >= 0.6 is 0 Å². The van der Waals surface area contributed by atoms with Crippen molar-refractivity contribution in [2.24, 2.45) is 0 Å². The molecule has 3 rings (SSSR count). The number of hydrogen-bond acceptors (Lipinski definition) is 5. The van der Waals surface area contributed by atoms with Gasteiger partial charge in [0.25, 0.3) is 0 Å². The van der Waals surface area contributed by atoms with Crippen LogP contribution in [0.25, 0.3) is 0 Å². The maximum Gasteiger partial charge on any atom is 0.165 e. The van der Waals surface area contributed by atoms with Crippen LogP contribution in [0.15, 0.2) is 24.3 Å². The molecule has 2 heterocycles. The second-order valence-electron chi connectivity index (χ2n) is 6.57. The van der Waals surface area contributed by atoms with E-state index in [1.807, 2.05) is 10.7 Å². The molecule has 1 aliphatic rings. The van der Waals surface area contributed by atoms with Gasteiger partial charge < -0.3 is 4.74 Å². The van der Waals surface area contributed by atoms with Gasteiger partial charge in [-0.2, -0.15) is 0 Å². The summed E-state index contributed by atoms with van der Waals surface area (Å²) in [5, 5.41) is 12.0. The standard InChI is InChI=1S/C17H24FN5O/c1-13(2)23-17(19-20-21-23)12-22(11-16-7-4-8-24-16)10-14-5-3-6-15(18)9-14/h3,5-6,9,13,16H,4,7-8,10-12H2,1-2H3/t16-/m1/s1. The largest absolute Gasteiger partial charge is 0.377 e. The first-order valence-electron chi connectivity index (χ1n) is 8.47. The molecular weight excluding hydrogens is 309 g/mol. The first kappa shape index (κ1) is 17.0. The second kappa shape index (κ2) is 7.81. The Morgan fingerprint density at radius 1 is 1.38 bits per heavy atom. The van der Waals surface area contributed by atoms with Crippen molar-refractivity contribution in [3.05, 3.63) is 41.5 Å². The summed E-state index contributed by atoms with van der Waals surface area (Å²) in [7, 11) is 0. The first-order chi connectivity index (χ1) is 11.6.